The lowest BCUT2D eigenvalue weighted by Crippen LogP contribution is -2.40. The van der Waals surface area contributed by atoms with Gasteiger partial charge in [0, 0.05) is 24.5 Å². The topological polar surface area (TPSA) is 15.3 Å². The maximum Gasteiger partial charge on any atom is 0.00579 e. The maximum absolute atomic E-state index is 3.58. The standard InChI is InChI=1S/C16H30N2S/c1-14(2)11-17-12-16(3,4)13-18(5)9-8-15-7-6-10-19-15/h6-7,10,14,17H,8-9,11-13H2,1-5H3. The molecule has 2 nitrogen and oxygen atoms in total. The molecule has 0 unspecified atom stereocenters. The van der Waals surface area contributed by atoms with Crippen molar-refractivity contribution < 1.29 is 0 Å². The van der Waals surface area contributed by atoms with Crippen molar-refractivity contribution in [3.05, 3.63) is 22.4 Å². The van der Waals surface area contributed by atoms with Gasteiger partial charge in [-0.05, 0) is 42.8 Å². The first kappa shape index (κ1) is 16.7. The monoisotopic (exact) mass is 282 g/mol. The van der Waals surface area contributed by atoms with Crippen LogP contribution < -0.4 is 5.32 Å². The lowest BCUT2D eigenvalue weighted by molar-refractivity contribution is 0.204. The van der Waals surface area contributed by atoms with Crippen molar-refractivity contribution in [2.24, 2.45) is 11.3 Å². The van der Waals surface area contributed by atoms with E-state index < -0.39 is 0 Å². The second kappa shape index (κ2) is 8.03. The molecule has 0 fully saturated rings. The molecule has 3 heteroatoms. The van der Waals surface area contributed by atoms with Crippen LogP contribution in [-0.2, 0) is 6.42 Å². The average Bonchev–Trinajstić information content (AvgIpc) is 2.77. The largest absolute Gasteiger partial charge is 0.316 e. The van der Waals surface area contributed by atoms with Gasteiger partial charge in [-0.2, -0.15) is 0 Å². The van der Waals surface area contributed by atoms with Crippen LogP contribution in [0.1, 0.15) is 32.6 Å². The van der Waals surface area contributed by atoms with E-state index in [1.165, 1.54) is 11.3 Å². The molecule has 1 N–H and O–H groups in total. The van der Waals surface area contributed by atoms with Gasteiger partial charge in [0.2, 0.25) is 0 Å². The summed E-state index contributed by atoms with van der Waals surface area (Å²) in [4.78, 5) is 3.94. The van der Waals surface area contributed by atoms with E-state index in [1.807, 2.05) is 11.3 Å². The van der Waals surface area contributed by atoms with Crippen LogP contribution >= 0.6 is 11.3 Å². The van der Waals surface area contributed by atoms with Crippen LogP contribution in [0.4, 0.5) is 0 Å². The highest BCUT2D eigenvalue weighted by atomic mass is 32.1. The molecule has 1 aromatic rings. The third kappa shape index (κ3) is 7.71. The Hall–Kier alpha value is -0.380. The van der Waals surface area contributed by atoms with E-state index in [1.54, 1.807) is 0 Å². The summed E-state index contributed by atoms with van der Waals surface area (Å²) in [6.45, 7) is 13.7. The first-order chi connectivity index (χ1) is 8.89. The van der Waals surface area contributed by atoms with E-state index in [-0.39, 0.29) is 0 Å². The Morgan fingerprint density at radius 1 is 1.37 bits per heavy atom. The summed E-state index contributed by atoms with van der Waals surface area (Å²) in [5.41, 5.74) is 0.332. The van der Waals surface area contributed by atoms with Crippen molar-refractivity contribution >= 4 is 11.3 Å². The third-order valence-electron chi connectivity index (χ3n) is 3.17. The second-order valence-corrected chi connectivity index (χ2v) is 7.79. The highest BCUT2D eigenvalue weighted by Gasteiger charge is 2.19. The molecule has 1 rings (SSSR count). The van der Waals surface area contributed by atoms with Gasteiger partial charge in [0.15, 0.2) is 0 Å². The molecule has 0 aliphatic carbocycles. The second-order valence-electron chi connectivity index (χ2n) is 6.76. The van der Waals surface area contributed by atoms with Crippen LogP contribution in [0.5, 0.6) is 0 Å². The van der Waals surface area contributed by atoms with Crippen LogP contribution in [0, 0.1) is 11.3 Å². The summed E-state index contributed by atoms with van der Waals surface area (Å²) in [5, 5.41) is 5.74. The molecular formula is C16H30N2S. The lowest BCUT2D eigenvalue weighted by Gasteiger charge is -2.31. The van der Waals surface area contributed by atoms with Crippen molar-refractivity contribution in [1.29, 1.82) is 0 Å². The lowest BCUT2D eigenvalue weighted by atomic mass is 9.92. The van der Waals surface area contributed by atoms with E-state index in [0.717, 1.165) is 32.1 Å². The van der Waals surface area contributed by atoms with Gasteiger partial charge in [0.1, 0.15) is 0 Å². The molecule has 0 saturated heterocycles. The summed E-state index contributed by atoms with van der Waals surface area (Å²) in [7, 11) is 2.23. The summed E-state index contributed by atoms with van der Waals surface area (Å²) in [5.74, 6) is 0.729. The molecule has 0 aromatic carbocycles. The Kier molecular flexibility index (Phi) is 7.05. The molecule has 0 spiro atoms. The Morgan fingerprint density at radius 3 is 2.68 bits per heavy atom. The fraction of sp³-hybridized carbons (Fsp3) is 0.750. The van der Waals surface area contributed by atoms with Gasteiger partial charge in [-0.15, -0.1) is 11.3 Å². The first-order valence-corrected chi connectivity index (χ1v) is 8.19. The number of likely N-dealkylation sites (N-methyl/N-ethyl adjacent to an activating group) is 1. The molecule has 0 atom stereocenters. The third-order valence-corrected chi connectivity index (χ3v) is 4.11. The van der Waals surface area contributed by atoms with Gasteiger partial charge in [0.25, 0.3) is 0 Å². The number of thiophene rings is 1. The minimum atomic E-state index is 0.332. The molecule has 0 bridgehead atoms. The van der Waals surface area contributed by atoms with Crippen molar-refractivity contribution in [1.82, 2.24) is 10.2 Å². The van der Waals surface area contributed by atoms with Crippen LogP contribution in [-0.4, -0.2) is 38.1 Å². The number of nitrogens with one attached hydrogen (secondary N) is 1. The normalized spacial score (nSPS) is 12.6. The average molecular weight is 282 g/mol. The quantitative estimate of drug-likeness (QED) is 0.746. The molecule has 110 valence electrons. The van der Waals surface area contributed by atoms with Crippen LogP contribution in [0.25, 0.3) is 0 Å². The van der Waals surface area contributed by atoms with E-state index in [0.29, 0.717) is 5.41 Å². The van der Waals surface area contributed by atoms with Crippen molar-refractivity contribution in [3.63, 3.8) is 0 Å². The Morgan fingerprint density at radius 2 is 2.11 bits per heavy atom. The summed E-state index contributed by atoms with van der Waals surface area (Å²) < 4.78 is 0. The highest BCUT2D eigenvalue weighted by molar-refractivity contribution is 7.09. The van der Waals surface area contributed by atoms with Crippen molar-refractivity contribution in [2.75, 3.05) is 33.2 Å². The minimum absolute atomic E-state index is 0.332. The highest BCUT2D eigenvalue weighted by Crippen LogP contribution is 2.16. The minimum Gasteiger partial charge on any atom is -0.316 e. The zero-order valence-corrected chi connectivity index (χ0v) is 14.0. The molecule has 0 radical (unpaired) electrons. The molecule has 0 saturated carbocycles. The number of hydrogen-bond donors (Lipinski definition) is 1. The van der Waals surface area contributed by atoms with Crippen LogP contribution in [0.3, 0.4) is 0 Å². The summed E-state index contributed by atoms with van der Waals surface area (Å²) in [6, 6.07) is 4.37. The zero-order chi connectivity index (χ0) is 14.3. The first-order valence-electron chi connectivity index (χ1n) is 7.31. The molecule has 0 aliphatic heterocycles. The van der Waals surface area contributed by atoms with Gasteiger partial charge in [-0.3, -0.25) is 0 Å². The fourth-order valence-electron chi connectivity index (χ4n) is 2.32. The molecule has 19 heavy (non-hydrogen) atoms. The van der Waals surface area contributed by atoms with Gasteiger partial charge in [-0.25, -0.2) is 0 Å². The summed E-state index contributed by atoms with van der Waals surface area (Å²) >= 11 is 1.86. The zero-order valence-electron chi connectivity index (χ0n) is 13.2. The number of hydrogen-bond acceptors (Lipinski definition) is 3. The van der Waals surface area contributed by atoms with E-state index >= 15 is 0 Å². The van der Waals surface area contributed by atoms with Crippen molar-refractivity contribution in [3.8, 4) is 0 Å². The Bertz CT molecular complexity index is 331. The Balaban J connectivity index is 2.23. The molecule has 1 aromatic heterocycles. The maximum atomic E-state index is 3.58. The van der Waals surface area contributed by atoms with Gasteiger partial charge < -0.3 is 10.2 Å². The predicted molar refractivity (Wildman–Crippen MR) is 87.0 cm³/mol. The smallest absolute Gasteiger partial charge is 0.00579 e. The molecule has 1 heterocycles. The van der Waals surface area contributed by atoms with Gasteiger partial charge in [0.05, 0.1) is 0 Å². The van der Waals surface area contributed by atoms with Crippen molar-refractivity contribution in [2.45, 2.75) is 34.1 Å². The molecule has 0 aliphatic rings. The van der Waals surface area contributed by atoms with E-state index in [4.69, 9.17) is 0 Å². The van der Waals surface area contributed by atoms with E-state index in [9.17, 15) is 0 Å². The SMILES string of the molecule is CC(C)CNCC(C)(C)CN(C)CCc1cccs1. The van der Waals surface area contributed by atoms with Gasteiger partial charge in [-0.1, -0.05) is 33.8 Å². The van der Waals surface area contributed by atoms with Gasteiger partial charge >= 0.3 is 0 Å². The van der Waals surface area contributed by atoms with Crippen LogP contribution in [0.2, 0.25) is 0 Å². The number of nitrogens with zero attached hydrogens (tertiary/aromatic N) is 1. The number of rotatable bonds is 9. The summed E-state index contributed by atoms with van der Waals surface area (Å²) in [6.07, 6.45) is 1.17. The van der Waals surface area contributed by atoms with E-state index in [2.05, 4.69) is 62.5 Å². The molecular weight excluding hydrogens is 252 g/mol. The van der Waals surface area contributed by atoms with Crippen LogP contribution in [0.15, 0.2) is 17.5 Å². The molecule has 0 amide bonds. The fourth-order valence-corrected chi connectivity index (χ4v) is 3.02. The Labute approximate surface area is 123 Å². The predicted octanol–water partition coefficient (Wildman–Crippen LogP) is 3.49.